The van der Waals surface area contributed by atoms with E-state index in [-0.39, 0.29) is 17.7 Å². The first-order chi connectivity index (χ1) is 6.06. The molecule has 72 valence electrons. The van der Waals surface area contributed by atoms with Crippen LogP contribution in [0, 0.1) is 18.6 Å². The minimum atomic E-state index is -0.732. The lowest BCUT2D eigenvalue weighted by Crippen LogP contribution is -2.15. The first kappa shape index (κ1) is 10.1. The van der Waals surface area contributed by atoms with E-state index in [1.54, 1.807) is 0 Å². The first-order valence-corrected chi connectivity index (χ1v) is 3.88. The van der Waals surface area contributed by atoms with Crippen molar-refractivity contribution < 1.29 is 13.9 Å². The van der Waals surface area contributed by atoms with Crippen molar-refractivity contribution in [3.8, 4) is 0 Å². The van der Waals surface area contributed by atoms with Crippen molar-refractivity contribution in [3.05, 3.63) is 34.9 Å². The molecule has 0 fully saturated rings. The maximum Gasteiger partial charge on any atom is 0.129 e. The van der Waals surface area contributed by atoms with E-state index in [9.17, 15) is 8.78 Å². The van der Waals surface area contributed by atoms with E-state index in [4.69, 9.17) is 10.8 Å². The lowest BCUT2D eigenvalue weighted by Gasteiger charge is -2.09. The molecule has 0 aromatic heterocycles. The molecule has 1 rings (SSSR count). The fourth-order valence-electron chi connectivity index (χ4n) is 0.984. The number of nitrogens with two attached hydrogens (primary N) is 1. The van der Waals surface area contributed by atoms with Gasteiger partial charge in [-0.25, -0.2) is 8.78 Å². The monoisotopic (exact) mass is 187 g/mol. The van der Waals surface area contributed by atoms with Gasteiger partial charge in [0.1, 0.15) is 11.6 Å². The maximum absolute atomic E-state index is 13.0. The molecule has 1 unspecified atom stereocenters. The van der Waals surface area contributed by atoms with Gasteiger partial charge in [0.05, 0.1) is 12.6 Å². The fourth-order valence-corrected chi connectivity index (χ4v) is 0.984. The van der Waals surface area contributed by atoms with Crippen molar-refractivity contribution in [3.63, 3.8) is 0 Å². The Morgan fingerprint density at radius 1 is 1.38 bits per heavy atom. The highest BCUT2D eigenvalue weighted by Gasteiger charge is 2.10. The van der Waals surface area contributed by atoms with Crippen molar-refractivity contribution in [2.24, 2.45) is 5.73 Å². The van der Waals surface area contributed by atoms with Gasteiger partial charge in [-0.05, 0) is 24.6 Å². The van der Waals surface area contributed by atoms with Crippen LogP contribution in [0.4, 0.5) is 8.78 Å². The van der Waals surface area contributed by atoms with Crippen LogP contribution >= 0.6 is 0 Å². The summed E-state index contributed by atoms with van der Waals surface area (Å²) in [5.74, 6) is -1.28. The summed E-state index contributed by atoms with van der Waals surface area (Å²) in [6.45, 7) is 1.01. The van der Waals surface area contributed by atoms with Crippen LogP contribution < -0.4 is 5.73 Å². The molecule has 0 amide bonds. The smallest absolute Gasteiger partial charge is 0.129 e. The van der Waals surface area contributed by atoms with Crippen LogP contribution in [0.5, 0.6) is 0 Å². The number of aliphatic hydroxyl groups is 1. The van der Waals surface area contributed by atoms with Crippen LogP contribution in [0.2, 0.25) is 0 Å². The number of aliphatic hydroxyl groups excluding tert-OH is 1. The lowest BCUT2D eigenvalue weighted by atomic mass is 10.1. The summed E-state index contributed by atoms with van der Waals surface area (Å²) in [5.41, 5.74) is 5.63. The zero-order valence-corrected chi connectivity index (χ0v) is 7.22. The van der Waals surface area contributed by atoms with E-state index < -0.39 is 17.7 Å². The van der Waals surface area contributed by atoms with E-state index in [1.807, 2.05) is 0 Å². The highest BCUT2D eigenvalue weighted by Crippen LogP contribution is 2.17. The third-order valence-electron chi connectivity index (χ3n) is 1.93. The molecular formula is C9H11F2NO. The van der Waals surface area contributed by atoms with Crippen LogP contribution in [0.25, 0.3) is 0 Å². The standard InChI is InChI=1S/C9H11F2NO/c1-5-7(10)2-6(3-8(5)11)9(12)4-13/h2-3,9,13H,4,12H2,1H3. The summed E-state index contributed by atoms with van der Waals surface area (Å²) in [7, 11) is 0. The summed E-state index contributed by atoms with van der Waals surface area (Å²) < 4.78 is 25.9. The Hall–Kier alpha value is -1.00. The number of halogens is 2. The second-order valence-electron chi connectivity index (χ2n) is 2.90. The van der Waals surface area contributed by atoms with E-state index >= 15 is 0 Å². The summed E-state index contributed by atoms with van der Waals surface area (Å²) in [4.78, 5) is 0. The largest absolute Gasteiger partial charge is 0.394 e. The average molecular weight is 187 g/mol. The van der Waals surface area contributed by atoms with E-state index in [1.165, 1.54) is 6.92 Å². The van der Waals surface area contributed by atoms with Crippen LogP contribution in [0.1, 0.15) is 17.2 Å². The third-order valence-corrected chi connectivity index (χ3v) is 1.93. The highest BCUT2D eigenvalue weighted by atomic mass is 19.1. The fraction of sp³-hybridized carbons (Fsp3) is 0.333. The molecule has 0 heterocycles. The van der Waals surface area contributed by atoms with Crippen molar-refractivity contribution in [1.29, 1.82) is 0 Å². The Labute approximate surface area is 75.0 Å². The highest BCUT2D eigenvalue weighted by molar-refractivity contribution is 5.27. The summed E-state index contributed by atoms with van der Waals surface area (Å²) in [5, 5.41) is 8.67. The van der Waals surface area contributed by atoms with Gasteiger partial charge in [-0.2, -0.15) is 0 Å². The van der Waals surface area contributed by atoms with Gasteiger partial charge in [0.25, 0.3) is 0 Å². The van der Waals surface area contributed by atoms with E-state index in [0.717, 1.165) is 12.1 Å². The number of hydrogen-bond donors (Lipinski definition) is 2. The van der Waals surface area contributed by atoms with Crippen LogP contribution in [0.15, 0.2) is 12.1 Å². The SMILES string of the molecule is Cc1c(F)cc(C(N)CO)cc1F. The van der Waals surface area contributed by atoms with Crippen molar-refractivity contribution in [1.82, 2.24) is 0 Å². The number of rotatable bonds is 2. The summed E-state index contributed by atoms with van der Waals surface area (Å²) >= 11 is 0. The number of hydrogen-bond acceptors (Lipinski definition) is 2. The van der Waals surface area contributed by atoms with Gasteiger partial charge in [0.2, 0.25) is 0 Å². The van der Waals surface area contributed by atoms with Crippen LogP contribution in [-0.4, -0.2) is 11.7 Å². The molecule has 0 radical (unpaired) electrons. The summed E-state index contributed by atoms with van der Waals surface area (Å²) in [6, 6.07) is 1.54. The quantitative estimate of drug-likeness (QED) is 0.732. The molecule has 0 aliphatic rings. The van der Waals surface area contributed by atoms with Gasteiger partial charge in [-0.15, -0.1) is 0 Å². The first-order valence-electron chi connectivity index (χ1n) is 3.88. The second kappa shape index (κ2) is 3.81. The predicted octanol–water partition coefficient (Wildman–Crippen LogP) is 1.27. The molecule has 0 saturated carbocycles. The van der Waals surface area contributed by atoms with Gasteiger partial charge < -0.3 is 10.8 Å². The topological polar surface area (TPSA) is 46.2 Å². The van der Waals surface area contributed by atoms with Crippen LogP contribution in [-0.2, 0) is 0 Å². The molecular weight excluding hydrogens is 176 g/mol. The molecule has 13 heavy (non-hydrogen) atoms. The minimum absolute atomic E-state index is 0.0334. The van der Waals surface area contributed by atoms with Gasteiger partial charge in [-0.1, -0.05) is 0 Å². The molecule has 0 bridgehead atoms. The molecule has 1 aromatic rings. The molecule has 0 saturated heterocycles. The molecule has 3 N–H and O–H groups in total. The zero-order valence-electron chi connectivity index (χ0n) is 7.22. The van der Waals surface area contributed by atoms with Gasteiger partial charge in [0, 0.05) is 5.56 Å². The van der Waals surface area contributed by atoms with Crippen LogP contribution in [0.3, 0.4) is 0 Å². The van der Waals surface area contributed by atoms with E-state index in [0.29, 0.717) is 0 Å². The Morgan fingerprint density at radius 2 is 1.85 bits per heavy atom. The molecule has 0 spiro atoms. The molecule has 0 aliphatic heterocycles. The Morgan fingerprint density at radius 3 is 2.23 bits per heavy atom. The van der Waals surface area contributed by atoms with E-state index in [2.05, 4.69) is 0 Å². The molecule has 4 heteroatoms. The molecule has 2 nitrogen and oxygen atoms in total. The normalized spacial score (nSPS) is 13.0. The number of benzene rings is 1. The molecule has 1 aromatic carbocycles. The van der Waals surface area contributed by atoms with Crippen molar-refractivity contribution in [2.75, 3.05) is 6.61 Å². The maximum atomic E-state index is 13.0. The Balaban J connectivity index is 3.13. The zero-order chi connectivity index (χ0) is 10.0. The predicted molar refractivity (Wildman–Crippen MR) is 45.1 cm³/mol. The Kier molecular flexibility index (Phi) is 2.95. The van der Waals surface area contributed by atoms with Gasteiger partial charge in [0.15, 0.2) is 0 Å². The van der Waals surface area contributed by atoms with Crippen molar-refractivity contribution in [2.45, 2.75) is 13.0 Å². The second-order valence-corrected chi connectivity index (χ2v) is 2.90. The Bertz CT molecular complexity index is 291. The van der Waals surface area contributed by atoms with Crippen molar-refractivity contribution >= 4 is 0 Å². The average Bonchev–Trinajstić information content (AvgIpc) is 2.12. The lowest BCUT2D eigenvalue weighted by molar-refractivity contribution is 0.267. The summed E-state index contributed by atoms with van der Waals surface area (Å²) in [6.07, 6.45) is 0. The molecule has 1 atom stereocenters. The van der Waals surface area contributed by atoms with Gasteiger partial charge >= 0.3 is 0 Å². The third kappa shape index (κ3) is 2.02. The minimum Gasteiger partial charge on any atom is -0.394 e. The molecule has 0 aliphatic carbocycles. The van der Waals surface area contributed by atoms with Gasteiger partial charge in [-0.3, -0.25) is 0 Å².